The number of carbonyl (C=O) groups excluding carboxylic acids is 1. The second kappa shape index (κ2) is 4.45. The van der Waals surface area contributed by atoms with E-state index in [1.165, 1.54) is 0 Å². The predicted octanol–water partition coefficient (Wildman–Crippen LogP) is 0.389. The van der Waals surface area contributed by atoms with E-state index >= 15 is 0 Å². The molecule has 0 radical (unpaired) electrons. The molecule has 1 saturated heterocycles. The molecule has 0 amide bonds. The third-order valence-electron chi connectivity index (χ3n) is 2.14. The minimum absolute atomic E-state index is 0.153. The summed E-state index contributed by atoms with van der Waals surface area (Å²) in [5, 5.41) is 12.3. The first-order valence-corrected chi connectivity index (χ1v) is 5.08. The molecule has 0 aromatic rings. The SMILES string of the molecule is CC(C)(C)OC(=O)C(O)[C@@H]1C[C@H](F)CN1. The van der Waals surface area contributed by atoms with Gasteiger partial charge < -0.3 is 15.2 Å². The average molecular weight is 219 g/mol. The Kier molecular flexibility index (Phi) is 3.67. The van der Waals surface area contributed by atoms with Crippen molar-refractivity contribution in [3.63, 3.8) is 0 Å². The number of nitrogens with one attached hydrogen (secondary N) is 1. The third kappa shape index (κ3) is 3.76. The average Bonchev–Trinajstić information content (AvgIpc) is 2.47. The lowest BCUT2D eigenvalue weighted by Gasteiger charge is -2.24. The Morgan fingerprint density at radius 3 is 2.60 bits per heavy atom. The molecule has 1 aliphatic heterocycles. The molecule has 0 aliphatic carbocycles. The van der Waals surface area contributed by atoms with E-state index < -0.39 is 29.9 Å². The van der Waals surface area contributed by atoms with Crippen LogP contribution in [-0.2, 0) is 9.53 Å². The summed E-state index contributed by atoms with van der Waals surface area (Å²) in [5.41, 5.74) is -0.633. The molecule has 1 unspecified atom stereocenters. The lowest BCUT2D eigenvalue weighted by molar-refractivity contribution is -0.166. The fourth-order valence-corrected chi connectivity index (χ4v) is 1.49. The number of aliphatic hydroxyl groups is 1. The number of halogens is 1. The number of rotatable bonds is 2. The highest BCUT2D eigenvalue weighted by Gasteiger charge is 2.35. The van der Waals surface area contributed by atoms with E-state index in [0.717, 1.165) is 0 Å². The first kappa shape index (κ1) is 12.4. The summed E-state index contributed by atoms with van der Waals surface area (Å²) in [6, 6.07) is -0.533. The van der Waals surface area contributed by atoms with E-state index in [1.54, 1.807) is 20.8 Å². The van der Waals surface area contributed by atoms with Gasteiger partial charge in [0, 0.05) is 12.6 Å². The predicted molar refractivity (Wildman–Crippen MR) is 53.2 cm³/mol. The molecular formula is C10H18FNO3. The Morgan fingerprint density at radius 2 is 2.20 bits per heavy atom. The van der Waals surface area contributed by atoms with Gasteiger partial charge in [-0.05, 0) is 27.2 Å². The molecule has 1 fully saturated rings. The van der Waals surface area contributed by atoms with E-state index in [-0.39, 0.29) is 13.0 Å². The van der Waals surface area contributed by atoms with Crippen LogP contribution in [0.1, 0.15) is 27.2 Å². The number of aliphatic hydroxyl groups excluding tert-OH is 1. The van der Waals surface area contributed by atoms with Gasteiger partial charge in [-0.15, -0.1) is 0 Å². The molecule has 4 nitrogen and oxygen atoms in total. The summed E-state index contributed by atoms with van der Waals surface area (Å²) in [7, 11) is 0. The van der Waals surface area contributed by atoms with Crippen molar-refractivity contribution >= 4 is 5.97 Å². The Hall–Kier alpha value is -0.680. The van der Waals surface area contributed by atoms with Crippen LogP contribution in [0.2, 0.25) is 0 Å². The van der Waals surface area contributed by atoms with Crippen molar-refractivity contribution in [1.82, 2.24) is 5.32 Å². The molecule has 0 aromatic heterocycles. The lowest BCUT2D eigenvalue weighted by atomic mass is 10.1. The van der Waals surface area contributed by atoms with Gasteiger partial charge in [-0.3, -0.25) is 0 Å². The van der Waals surface area contributed by atoms with Crippen molar-refractivity contribution in [2.24, 2.45) is 0 Å². The maximum Gasteiger partial charge on any atom is 0.337 e. The standard InChI is InChI=1S/C10H18FNO3/c1-10(2,3)15-9(14)8(13)7-4-6(11)5-12-7/h6-8,12-13H,4-5H2,1-3H3/t6-,7-,8?/m0/s1. The van der Waals surface area contributed by atoms with E-state index in [0.29, 0.717) is 0 Å². The molecule has 0 bridgehead atoms. The highest BCUT2D eigenvalue weighted by atomic mass is 19.1. The fraction of sp³-hybridized carbons (Fsp3) is 0.900. The fourth-order valence-electron chi connectivity index (χ4n) is 1.49. The molecule has 0 saturated carbocycles. The van der Waals surface area contributed by atoms with Crippen LogP contribution in [0.15, 0.2) is 0 Å². The van der Waals surface area contributed by atoms with Crippen molar-refractivity contribution in [2.75, 3.05) is 6.54 Å². The van der Waals surface area contributed by atoms with E-state index in [1.807, 2.05) is 0 Å². The third-order valence-corrected chi connectivity index (χ3v) is 2.14. The van der Waals surface area contributed by atoms with Crippen LogP contribution in [0.3, 0.4) is 0 Å². The van der Waals surface area contributed by atoms with Crippen molar-refractivity contribution in [3.05, 3.63) is 0 Å². The Balaban J connectivity index is 2.46. The second-order valence-corrected chi connectivity index (χ2v) is 4.83. The van der Waals surface area contributed by atoms with Gasteiger partial charge in [-0.1, -0.05) is 0 Å². The smallest absolute Gasteiger partial charge is 0.337 e. The van der Waals surface area contributed by atoms with Crippen LogP contribution in [0, 0.1) is 0 Å². The molecule has 1 rings (SSSR count). The van der Waals surface area contributed by atoms with Crippen LogP contribution in [-0.4, -0.2) is 41.5 Å². The van der Waals surface area contributed by atoms with Crippen molar-refractivity contribution in [2.45, 2.75) is 51.1 Å². The van der Waals surface area contributed by atoms with Gasteiger partial charge in [0.25, 0.3) is 0 Å². The molecule has 3 atom stereocenters. The molecule has 88 valence electrons. The number of esters is 1. The normalized spacial score (nSPS) is 28.9. The van der Waals surface area contributed by atoms with Gasteiger partial charge in [-0.25, -0.2) is 9.18 Å². The summed E-state index contributed by atoms with van der Waals surface area (Å²) in [6.45, 7) is 5.34. The second-order valence-electron chi connectivity index (χ2n) is 4.83. The largest absolute Gasteiger partial charge is 0.458 e. The zero-order valence-electron chi connectivity index (χ0n) is 9.29. The van der Waals surface area contributed by atoms with Gasteiger partial charge in [-0.2, -0.15) is 0 Å². The monoisotopic (exact) mass is 219 g/mol. The summed E-state index contributed by atoms with van der Waals surface area (Å²) in [5.74, 6) is -0.700. The Labute approximate surface area is 88.8 Å². The van der Waals surface area contributed by atoms with E-state index in [4.69, 9.17) is 4.74 Å². The van der Waals surface area contributed by atoms with Crippen LogP contribution in [0.25, 0.3) is 0 Å². The van der Waals surface area contributed by atoms with E-state index in [9.17, 15) is 14.3 Å². The Bertz CT molecular complexity index is 239. The van der Waals surface area contributed by atoms with Gasteiger partial charge in [0.15, 0.2) is 6.10 Å². The number of alkyl halides is 1. The molecule has 5 heteroatoms. The van der Waals surface area contributed by atoms with Crippen molar-refractivity contribution in [3.8, 4) is 0 Å². The zero-order chi connectivity index (χ0) is 11.6. The van der Waals surface area contributed by atoms with Gasteiger partial charge in [0.05, 0.1) is 0 Å². The quantitative estimate of drug-likeness (QED) is 0.660. The first-order valence-electron chi connectivity index (χ1n) is 5.08. The summed E-state index contributed by atoms with van der Waals surface area (Å²) >= 11 is 0. The van der Waals surface area contributed by atoms with Crippen LogP contribution < -0.4 is 5.32 Å². The summed E-state index contributed by atoms with van der Waals surface area (Å²) in [4.78, 5) is 11.4. The summed E-state index contributed by atoms with van der Waals surface area (Å²) < 4.78 is 17.8. The zero-order valence-corrected chi connectivity index (χ0v) is 9.29. The van der Waals surface area contributed by atoms with Crippen LogP contribution in [0.5, 0.6) is 0 Å². The molecule has 0 spiro atoms. The minimum Gasteiger partial charge on any atom is -0.458 e. The van der Waals surface area contributed by atoms with E-state index in [2.05, 4.69) is 5.32 Å². The Morgan fingerprint density at radius 1 is 1.60 bits per heavy atom. The number of ether oxygens (including phenoxy) is 1. The highest BCUT2D eigenvalue weighted by Crippen LogP contribution is 2.16. The number of carbonyl (C=O) groups is 1. The number of hydrogen-bond acceptors (Lipinski definition) is 4. The van der Waals surface area contributed by atoms with Gasteiger partial charge >= 0.3 is 5.97 Å². The molecule has 1 heterocycles. The molecular weight excluding hydrogens is 201 g/mol. The molecule has 1 aliphatic rings. The molecule has 15 heavy (non-hydrogen) atoms. The molecule has 0 aromatic carbocycles. The van der Waals surface area contributed by atoms with Gasteiger partial charge in [0.1, 0.15) is 11.8 Å². The van der Waals surface area contributed by atoms with Gasteiger partial charge in [0.2, 0.25) is 0 Å². The summed E-state index contributed by atoms with van der Waals surface area (Å²) in [6.07, 6.45) is -2.13. The molecule has 2 N–H and O–H groups in total. The van der Waals surface area contributed by atoms with Crippen LogP contribution in [0.4, 0.5) is 4.39 Å². The maximum atomic E-state index is 12.8. The highest BCUT2D eigenvalue weighted by molar-refractivity contribution is 5.75. The topological polar surface area (TPSA) is 58.6 Å². The van der Waals surface area contributed by atoms with Crippen molar-refractivity contribution in [1.29, 1.82) is 0 Å². The minimum atomic E-state index is -1.29. The first-order chi connectivity index (χ1) is 6.79. The maximum absolute atomic E-state index is 12.8. The van der Waals surface area contributed by atoms with Crippen LogP contribution >= 0.6 is 0 Å². The van der Waals surface area contributed by atoms with Crippen molar-refractivity contribution < 1.29 is 19.0 Å². The number of hydrogen-bond donors (Lipinski definition) is 2. The lowest BCUT2D eigenvalue weighted by Crippen LogP contribution is -2.43.